The maximum absolute atomic E-state index is 10.8. The minimum atomic E-state index is -0.998. The molecule has 0 radical (unpaired) electrons. The summed E-state index contributed by atoms with van der Waals surface area (Å²) in [6, 6.07) is 8.22. The number of hydrogen-bond donors (Lipinski definition) is 2. The van der Waals surface area contributed by atoms with Crippen molar-refractivity contribution in [2.45, 2.75) is 0 Å². The second-order valence-electron chi connectivity index (χ2n) is 3.48. The van der Waals surface area contributed by atoms with E-state index in [0.717, 1.165) is 4.47 Å². The van der Waals surface area contributed by atoms with Gasteiger partial charge in [-0.2, -0.15) is 0 Å². The van der Waals surface area contributed by atoms with Gasteiger partial charge in [0.1, 0.15) is 5.82 Å². The number of pyridine rings is 1. The van der Waals surface area contributed by atoms with Crippen molar-refractivity contribution in [1.29, 1.82) is 0 Å². The second-order valence-corrected chi connectivity index (χ2v) is 4.81. The summed E-state index contributed by atoms with van der Waals surface area (Å²) in [6.45, 7) is 0. The van der Waals surface area contributed by atoms with Gasteiger partial charge in [0.2, 0.25) is 0 Å². The number of nitrogens with zero attached hydrogens (tertiary/aromatic N) is 1. The molecule has 0 amide bonds. The zero-order valence-corrected chi connectivity index (χ0v) is 11.4. The van der Waals surface area contributed by atoms with Gasteiger partial charge in [0.25, 0.3) is 0 Å². The van der Waals surface area contributed by atoms with Crippen LogP contribution in [0.5, 0.6) is 0 Å². The molecule has 0 aliphatic carbocycles. The van der Waals surface area contributed by atoms with Gasteiger partial charge >= 0.3 is 5.97 Å². The Labute approximate surface area is 117 Å². The van der Waals surface area contributed by atoms with Gasteiger partial charge in [-0.3, -0.25) is 0 Å². The molecule has 0 atom stereocenters. The van der Waals surface area contributed by atoms with Crippen LogP contribution in [-0.2, 0) is 0 Å². The van der Waals surface area contributed by atoms with Crippen LogP contribution in [0, 0.1) is 0 Å². The molecule has 4 nitrogen and oxygen atoms in total. The molecule has 1 heterocycles. The van der Waals surface area contributed by atoms with Crippen LogP contribution in [0.3, 0.4) is 0 Å². The third-order valence-corrected chi connectivity index (χ3v) is 3.01. The molecule has 0 saturated heterocycles. The van der Waals surface area contributed by atoms with Crippen molar-refractivity contribution in [3.8, 4) is 0 Å². The van der Waals surface area contributed by atoms with Gasteiger partial charge < -0.3 is 10.4 Å². The molecule has 0 saturated carbocycles. The second kappa shape index (κ2) is 5.37. The van der Waals surface area contributed by atoms with E-state index in [-0.39, 0.29) is 5.56 Å². The Morgan fingerprint density at radius 3 is 2.78 bits per heavy atom. The Hall–Kier alpha value is -1.59. The van der Waals surface area contributed by atoms with Crippen LogP contribution >= 0.6 is 27.5 Å². The monoisotopic (exact) mass is 326 g/mol. The molecule has 0 fully saturated rings. The molecule has 0 aliphatic rings. The topological polar surface area (TPSA) is 62.2 Å². The molecule has 2 aromatic rings. The first-order chi connectivity index (χ1) is 8.56. The fourth-order valence-electron chi connectivity index (χ4n) is 1.36. The molecular weight excluding hydrogens is 320 g/mol. The van der Waals surface area contributed by atoms with Crippen LogP contribution < -0.4 is 5.32 Å². The maximum Gasteiger partial charge on any atom is 0.335 e. The van der Waals surface area contributed by atoms with Crippen molar-refractivity contribution in [3.63, 3.8) is 0 Å². The summed E-state index contributed by atoms with van der Waals surface area (Å²) in [4.78, 5) is 14.9. The lowest BCUT2D eigenvalue weighted by Crippen LogP contribution is -2.00. The van der Waals surface area contributed by atoms with Crippen molar-refractivity contribution < 1.29 is 9.90 Å². The van der Waals surface area contributed by atoms with Gasteiger partial charge in [-0.05, 0) is 30.3 Å². The molecule has 0 unspecified atom stereocenters. The number of anilines is 2. The normalized spacial score (nSPS) is 10.1. The summed E-state index contributed by atoms with van der Waals surface area (Å²) in [5.74, 6) is -0.568. The van der Waals surface area contributed by atoms with E-state index < -0.39 is 5.97 Å². The number of carboxylic acid groups (broad SMARTS) is 1. The van der Waals surface area contributed by atoms with Crippen molar-refractivity contribution in [2.75, 3.05) is 5.32 Å². The molecule has 0 aliphatic heterocycles. The Morgan fingerprint density at radius 1 is 1.33 bits per heavy atom. The Kier molecular flexibility index (Phi) is 3.84. The summed E-state index contributed by atoms with van der Waals surface area (Å²) in [5, 5.41) is 12.4. The molecule has 2 N–H and O–H groups in total. The van der Waals surface area contributed by atoms with Gasteiger partial charge in [-0.15, -0.1) is 0 Å². The van der Waals surface area contributed by atoms with E-state index in [1.54, 1.807) is 12.1 Å². The Bertz CT molecular complexity index is 604. The van der Waals surface area contributed by atoms with Crippen LogP contribution in [-0.4, -0.2) is 16.1 Å². The maximum atomic E-state index is 10.8. The molecule has 6 heteroatoms. The van der Waals surface area contributed by atoms with Gasteiger partial charge in [0.15, 0.2) is 0 Å². The fourth-order valence-corrected chi connectivity index (χ4v) is 2.08. The molecular formula is C12H8BrClN2O2. The van der Waals surface area contributed by atoms with E-state index >= 15 is 0 Å². The lowest BCUT2D eigenvalue weighted by atomic mass is 10.2. The first kappa shape index (κ1) is 12.9. The SMILES string of the molecule is O=C(O)c1ccnc(Nc2ccc(Br)cc2Cl)c1. The average molecular weight is 328 g/mol. The lowest BCUT2D eigenvalue weighted by Gasteiger charge is -2.08. The van der Waals surface area contributed by atoms with Gasteiger partial charge in [0.05, 0.1) is 16.3 Å². The highest BCUT2D eigenvalue weighted by Gasteiger charge is 2.06. The van der Waals surface area contributed by atoms with Crippen LogP contribution in [0.25, 0.3) is 0 Å². The average Bonchev–Trinajstić information content (AvgIpc) is 2.33. The standard InChI is InChI=1S/C12H8BrClN2O2/c13-8-1-2-10(9(14)6-8)16-11-5-7(12(17)18)3-4-15-11/h1-6H,(H,15,16)(H,17,18). The molecule has 0 spiro atoms. The van der Waals surface area contributed by atoms with E-state index in [0.29, 0.717) is 16.5 Å². The highest BCUT2D eigenvalue weighted by molar-refractivity contribution is 9.10. The van der Waals surface area contributed by atoms with Crippen LogP contribution in [0.2, 0.25) is 5.02 Å². The quantitative estimate of drug-likeness (QED) is 0.896. The number of nitrogens with one attached hydrogen (secondary N) is 1. The largest absolute Gasteiger partial charge is 0.478 e. The summed E-state index contributed by atoms with van der Waals surface area (Å²) < 4.78 is 0.866. The van der Waals surface area contributed by atoms with Crippen molar-refractivity contribution in [2.24, 2.45) is 0 Å². The highest BCUT2D eigenvalue weighted by atomic mass is 79.9. The number of aromatic nitrogens is 1. The lowest BCUT2D eigenvalue weighted by molar-refractivity contribution is 0.0697. The van der Waals surface area contributed by atoms with Gasteiger partial charge in [-0.25, -0.2) is 9.78 Å². The number of carboxylic acids is 1. The minimum Gasteiger partial charge on any atom is -0.478 e. The molecule has 1 aromatic heterocycles. The summed E-state index contributed by atoms with van der Waals surface area (Å²) in [5.41, 5.74) is 0.829. The molecule has 92 valence electrons. The summed E-state index contributed by atoms with van der Waals surface area (Å²) in [7, 11) is 0. The summed E-state index contributed by atoms with van der Waals surface area (Å²) >= 11 is 9.35. The zero-order valence-electron chi connectivity index (χ0n) is 9.02. The van der Waals surface area contributed by atoms with E-state index in [4.69, 9.17) is 16.7 Å². The molecule has 18 heavy (non-hydrogen) atoms. The van der Waals surface area contributed by atoms with Crippen LogP contribution in [0.4, 0.5) is 11.5 Å². The zero-order chi connectivity index (χ0) is 13.1. The number of halogens is 2. The first-order valence-electron chi connectivity index (χ1n) is 4.97. The van der Waals surface area contributed by atoms with E-state index in [2.05, 4.69) is 26.2 Å². The van der Waals surface area contributed by atoms with Crippen LogP contribution in [0.1, 0.15) is 10.4 Å². The number of carbonyl (C=O) groups is 1. The number of aromatic carboxylic acids is 1. The first-order valence-corrected chi connectivity index (χ1v) is 6.15. The fraction of sp³-hybridized carbons (Fsp3) is 0. The molecule has 0 bridgehead atoms. The minimum absolute atomic E-state index is 0.167. The van der Waals surface area contributed by atoms with Gasteiger partial charge in [0, 0.05) is 10.7 Å². The summed E-state index contributed by atoms with van der Waals surface area (Å²) in [6.07, 6.45) is 1.43. The van der Waals surface area contributed by atoms with E-state index in [9.17, 15) is 4.79 Å². The Morgan fingerprint density at radius 2 is 2.11 bits per heavy atom. The molecule has 2 rings (SSSR count). The third kappa shape index (κ3) is 3.00. The number of hydrogen-bond acceptors (Lipinski definition) is 3. The van der Waals surface area contributed by atoms with E-state index in [1.165, 1.54) is 18.3 Å². The third-order valence-electron chi connectivity index (χ3n) is 2.20. The van der Waals surface area contributed by atoms with Crippen molar-refractivity contribution in [1.82, 2.24) is 4.98 Å². The van der Waals surface area contributed by atoms with Crippen molar-refractivity contribution >= 4 is 45.0 Å². The number of rotatable bonds is 3. The van der Waals surface area contributed by atoms with Gasteiger partial charge in [-0.1, -0.05) is 27.5 Å². The molecule has 1 aromatic carbocycles. The van der Waals surface area contributed by atoms with Crippen molar-refractivity contribution in [3.05, 3.63) is 51.6 Å². The smallest absolute Gasteiger partial charge is 0.335 e. The van der Waals surface area contributed by atoms with Crippen LogP contribution in [0.15, 0.2) is 41.0 Å². The Balaban J connectivity index is 2.28. The highest BCUT2D eigenvalue weighted by Crippen LogP contribution is 2.27. The number of benzene rings is 1. The van der Waals surface area contributed by atoms with E-state index in [1.807, 2.05) is 6.07 Å². The predicted molar refractivity (Wildman–Crippen MR) is 73.6 cm³/mol. The predicted octanol–water partition coefficient (Wildman–Crippen LogP) is 3.94.